The summed E-state index contributed by atoms with van der Waals surface area (Å²) in [6.45, 7) is 0. The number of methoxy groups -OCH3 is 1. The van der Waals surface area contributed by atoms with Crippen LogP contribution in [0.1, 0.15) is 0 Å². The lowest BCUT2D eigenvalue weighted by Gasteiger charge is -2.50. The van der Waals surface area contributed by atoms with E-state index in [0.29, 0.717) is 5.57 Å². The Kier molecular flexibility index (Phi) is 3.14. The molecule has 0 aromatic rings. The number of rotatable bonds is 3. The normalized spacial score (nSPS) is 32.9. The molecule has 2 aliphatic heterocycles. The van der Waals surface area contributed by atoms with Gasteiger partial charge in [0.05, 0.1) is 0 Å². The van der Waals surface area contributed by atoms with Crippen LogP contribution >= 0.6 is 23.4 Å². The van der Waals surface area contributed by atoms with Crippen molar-refractivity contribution in [1.29, 1.82) is 0 Å². The quantitative estimate of drug-likeness (QED) is 0.593. The van der Waals surface area contributed by atoms with Gasteiger partial charge in [-0.2, -0.15) is 0 Å². The van der Waals surface area contributed by atoms with E-state index in [9.17, 15) is 9.59 Å². The molecule has 0 saturated carbocycles. The molecule has 7 heteroatoms. The van der Waals surface area contributed by atoms with Crippen LogP contribution in [0.25, 0.3) is 0 Å². The topological polar surface area (TPSA) is 66.8 Å². The van der Waals surface area contributed by atoms with Crippen LogP contribution in [0.3, 0.4) is 0 Å². The fourth-order valence-corrected chi connectivity index (χ4v) is 3.44. The SMILES string of the molecule is COC1C(=O)N2C(C(=O)O)C(CCl)=CSC12. The molecule has 2 rings (SSSR count). The number of aliphatic carboxylic acids is 1. The Morgan fingerprint density at radius 2 is 2.44 bits per heavy atom. The molecule has 88 valence electrons. The van der Waals surface area contributed by atoms with Crippen LogP contribution in [-0.4, -0.2) is 52.4 Å². The van der Waals surface area contributed by atoms with E-state index in [1.807, 2.05) is 0 Å². The fourth-order valence-electron chi connectivity index (χ4n) is 1.87. The number of carboxylic acid groups (broad SMARTS) is 1. The molecule has 1 amide bonds. The molecule has 2 heterocycles. The van der Waals surface area contributed by atoms with Gasteiger partial charge in [-0.05, 0) is 11.0 Å². The molecule has 0 aromatic carbocycles. The number of fused-ring (bicyclic) bond motifs is 1. The summed E-state index contributed by atoms with van der Waals surface area (Å²) in [5.74, 6) is -1.23. The molecule has 5 nitrogen and oxygen atoms in total. The highest BCUT2D eigenvalue weighted by molar-refractivity contribution is 8.02. The number of alkyl halides is 1. The van der Waals surface area contributed by atoms with Gasteiger partial charge in [-0.3, -0.25) is 4.79 Å². The van der Waals surface area contributed by atoms with E-state index < -0.39 is 18.1 Å². The number of thioether (sulfide) groups is 1. The molecular formula is C9H10ClNO4S. The number of carbonyl (C=O) groups excluding carboxylic acids is 1. The first-order valence-electron chi connectivity index (χ1n) is 4.60. The van der Waals surface area contributed by atoms with Crippen molar-refractivity contribution in [3.8, 4) is 0 Å². The first-order valence-corrected chi connectivity index (χ1v) is 6.07. The summed E-state index contributed by atoms with van der Waals surface area (Å²) in [6, 6.07) is -0.942. The molecule has 3 unspecified atom stereocenters. The van der Waals surface area contributed by atoms with Crippen molar-refractivity contribution in [3.05, 3.63) is 11.0 Å². The standard InChI is InChI=1S/C9H10ClNO4S/c1-15-6-7(12)11-5(9(13)14)4(2-10)3-16-8(6)11/h3,5-6,8H,2H2,1H3,(H,13,14). The van der Waals surface area contributed by atoms with Crippen LogP contribution < -0.4 is 0 Å². The van der Waals surface area contributed by atoms with Gasteiger partial charge in [-0.25, -0.2) is 4.79 Å². The number of β-lactam (4-membered cyclic amide) rings is 1. The summed E-state index contributed by atoms with van der Waals surface area (Å²) in [7, 11) is 1.44. The third-order valence-electron chi connectivity index (χ3n) is 2.66. The number of carbonyl (C=O) groups is 2. The average Bonchev–Trinajstić information content (AvgIpc) is 2.27. The Labute approximate surface area is 101 Å². The van der Waals surface area contributed by atoms with Crippen molar-refractivity contribution in [2.24, 2.45) is 0 Å². The van der Waals surface area contributed by atoms with Gasteiger partial charge in [0, 0.05) is 13.0 Å². The Morgan fingerprint density at radius 3 is 2.94 bits per heavy atom. The van der Waals surface area contributed by atoms with Crippen molar-refractivity contribution in [3.63, 3.8) is 0 Å². The Balaban J connectivity index is 2.28. The van der Waals surface area contributed by atoms with Crippen molar-refractivity contribution < 1.29 is 19.4 Å². The van der Waals surface area contributed by atoms with Gasteiger partial charge in [-0.1, -0.05) is 0 Å². The van der Waals surface area contributed by atoms with E-state index in [-0.39, 0.29) is 17.2 Å². The van der Waals surface area contributed by atoms with E-state index in [4.69, 9.17) is 21.4 Å². The van der Waals surface area contributed by atoms with Gasteiger partial charge in [0.1, 0.15) is 5.37 Å². The van der Waals surface area contributed by atoms with E-state index >= 15 is 0 Å². The molecule has 0 aromatic heterocycles. The van der Waals surface area contributed by atoms with Gasteiger partial charge in [0.2, 0.25) is 0 Å². The first kappa shape index (κ1) is 11.8. The summed E-state index contributed by atoms with van der Waals surface area (Å²) < 4.78 is 5.00. The average molecular weight is 264 g/mol. The van der Waals surface area contributed by atoms with E-state index in [2.05, 4.69) is 0 Å². The van der Waals surface area contributed by atoms with Crippen LogP contribution in [0, 0.1) is 0 Å². The van der Waals surface area contributed by atoms with Gasteiger partial charge < -0.3 is 14.7 Å². The predicted octanol–water partition coefficient (Wildman–Crippen LogP) is 0.492. The van der Waals surface area contributed by atoms with E-state index in [1.165, 1.54) is 23.8 Å². The number of halogens is 1. The third kappa shape index (κ3) is 1.52. The van der Waals surface area contributed by atoms with Crippen LogP contribution in [0.4, 0.5) is 0 Å². The second kappa shape index (κ2) is 4.27. The van der Waals surface area contributed by atoms with Crippen LogP contribution in [-0.2, 0) is 14.3 Å². The number of nitrogens with zero attached hydrogens (tertiary/aromatic N) is 1. The maximum Gasteiger partial charge on any atom is 0.330 e. The smallest absolute Gasteiger partial charge is 0.330 e. The van der Waals surface area contributed by atoms with E-state index in [1.54, 1.807) is 5.41 Å². The Hall–Kier alpha value is -0.720. The highest BCUT2D eigenvalue weighted by atomic mass is 35.5. The zero-order valence-electron chi connectivity index (χ0n) is 8.42. The summed E-state index contributed by atoms with van der Waals surface area (Å²) in [5, 5.41) is 10.6. The minimum atomic E-state index is -1.06. The minimum Gasteiger partial charge on any atom is -0.479 e. The molecule has 2 aliphatic rings. The van der Waals surface area contributed by atoms with Crippen molar-refractivity contribution in [2.45, 2.75) is 17.5 Å². The second-order valence-electron chi connectivity index (χ2n) is 3.50. The molecule has 0 aliphatic carbocycles. The van der Waals surface area contributed by atoms with Crippen molar-refractivity contribution in [2.75, 3.05) is 13.0 Å². The number of hydrogen-bond donors (Lipinski definition) is 1. The van der Waals surface area contributed by atoms with Crippen LogP contribution in [0.15, 0.2) is 11.0 Å². The summed E-state index contributed by atoms with van der Waals surface area (Å²) in [5.41, 5.74) is 0.540. The van der Waals surface area contributed by atoms with Gasteiger partial charge in [0.25, 0.3) is 5.91 Å². The molecule has 1 N–H and O–H groups in total. The highest BCUT2D eigenvalue weighted by Gasteiger charge is 2.55. The predicted molar refractivity (Wildman–Crippen MR) is 59.2 cm³/mol. The lowest BCUT2D eigenvalue weighted by atomic mass is 10.0. The molecule has 1 saturated heterocycles. The lowest BCUT2D eigenvalue weighted by molar-refractivity contribution is -0.171. The summed E-state index contributed by atoms with van der Waals surface area (Å²) >= 11 is 7.03. The molecule has 16 heavy (non-hydrogen) atoms. The maximum atomic E-state index is 11.7. The lowest BCUT2D eigenvalue weighted by Crippen LogP contribution is -2.69. The Morgan fingerprint density at radius 1 is 1.75 bits per heavy atom. The molecule has 0 radical (unpaired) electrons. The second-order valence-corrected chi connectivity index (χ2v) is 4.75. The molecule has 0 bridgehead atoms. The minimum absolute atomic E-state index is 0.109. The zero-order chi connectivity index (χ0) is 11.9. The van der Waals surface area contributed by atoms with E-state index in [0.717, 1.165) is 0 Å². The number of ether oxygens (including phenoxy) is 1. The molecule has 1 fully saturated rings. The van der Waals surface area contributed by atoms with Gasteiger partial charge >= 0.3 is 5.97 Å². The van der Waals surface area contributed by atoms with Crippen molar-refractivity contribution in [1.82, 2.24) is 4.90 Å². The number of carboxylic acids is 1. The summed E-state index contributed by atoms with van der Waals surface area (Å²) in [4.78, 5) is 24.1. The summed E-state index contributed by atoms with van der Waals surface area (Å²) in [6.07, 6.45) is -0.542. The number of amides is 1. The molecule has 0 spiro atoms. The maximum absolute atomic E-state index is 11.7. The highest BCUT2D eigenvalue weighted by Crippen LogP contribution is 2.41. The van der Waals surface area contributed by atoms with Crippen LogP contribution in [0.5, 0.6) is 0 Å². The van der Waals surface area contributed by atoms with Gasteiger partial charge in [-0.15, -0.1) is 23.4 Å². The Bertz CT molecular complexity index is 373. The zero-order valence-corrected chi connectivity index (χ0v) is 9.99. The fraction of sp³-hybridized carbons (Fsp3) is 0.556. The molecule has 3 atom stereocenters. The van der Waals surface area contributed by atoms with Crippen molar-refractivity contribution >= 4 is 35.2 Å². The monoisotopic (exact) mass is 263 g/mol. The third-order valence-corrected chi connectivity index (χ3v) is 4.16. The van der Waals surface area contributed by atoms with Crippen LogP contribution in [0.2, 0.25) is 0 Å². The first-order chi connectivity index (χ1) is 7.61. The number of hydrogen-bond acceptors (Lipinski definition) is 4. The van der Waals surface area contributed by atoms with Gasteiger partial charge in [0.15, 0.2) is 12.1 Å². The largest absolute Gasteiger partial charge is 0.479 e. The molecular weight excluding hydrogens is 254 g/mol.